The van der Waals surface area contributed by atoms with Crippen molar-refractivity contribution in [2.45, 2.75) is 39.3 Å². The van der Waals surface area contributed by atoms with Crippen LogP contribution in [-0.4, -0.2) is 22.9 Å². The van der Waals surface area contributed by atoms with Gasteiger partial charge in [-0.15, -0.1) is 0 Å². The van der Waals surface area contributed by atoms with Gasteiger partial charge in [-0.3, -0.25) is 4.68 Å². The van der Waals surface area contributed by atoms with Gasteiger partial charge in [0.15, 0.2) is 0 Å². The molecule has 0 bridgehead atoms. The Bertz CT molecular complexity index is 341. The van der Waals surface area contributed by atoms with Gasteiger partial charge >= 0.3 is 0 Å². The Morgan fingerprint density at radius 2 is 2.33 bits per heavy atom. The largest absolute Gasteiger partial charge is 0.330 e. The van der Waals surface area contributed by atoms with Crippen LogP contribution in [0.3, 0.4) is 0 Å². The fraction of sp³-hybridized carbons (Fsp3) is 0.727. The maximum atomic E-state index is 5.66. The second kappa shape index (κ2) is 4.33. The molecule has 0 aromatic carbocycles. The van der Waals surface area contributed by atoms with Crippen molar-refractivity contribution >= 4 is 0 Å². The highest BCUT2D eigenvalue weighted by atomic mass is 15.3. The molecule has 0 radical (unpaired) electrons. The highest BCUT2D eigenvalue weighted by Crippen LogP contribution is 2.21. The molecule has 1 aliphatic rings. The van der Waals surface area contributed by atoms with Gasteiger partial charge in [0.2, 0.25) is 0 Å². The normalized spacial score (nSPS) is 15.7. The molecule has 0 unspecified atom stereocenters. The van der Waals surface area contributed by atoms with Gasteiger partial charge in [0.25, 0.3) is 0 Å². The second-order valence-corrected chi connectivity index (χ2v) is 4.38. The van der Waals surface area contributed by atoms with Gasteiger partial charge in [-0.2, -0.15) is 5.10 Å². The summed E-state index contributed by atoms with van der Waals surface area (Å²) in [4.78, 5) is 0. The number of hydrogen-bond donors (Lipinski definition) is 2. The van der Waals surface area contributed by atoms with E-state index in [9.17, 15) is 0 Å². The number of rotatable bonds is 3. The lowest BCUT2D eigenvalue weighted by Gasteiger charge is -2.14. The Labute approximate surface area is 90.8 Å². The van der Waals surface area contributed by atoms with Gasteiger partial charge in [-0.25, -0.2) is 0 Å². The van der Waals surface area contributed by atoms with E-state index in [1.807, 2.05) is 0 Å². The molecule has 0 fully saturated rings. The molecule has 4 nitrogen and oxygen atoms in total. The Balaban J connectivity index is 2.41. The summed E-state index contributed by atoms with van der Waals surface area (Å²) < 4.78 is 2.14. The van der Waals surface area contributed by atoms with Crippen molar-refractivity contribution in [2.75, 3.05) is 13.1 Å². The Morgan fingerprint density at radius 3 is 3.00 bits per heavy atom. The SMILES string of the molecule is CC(C)n1nc2c(c1CCN)CNCC2. The number of fused-ring (bicyclic) bond motifs is 1. The zero-order valence-electron chi connectivity index (χ0n) is 9.58. The average Bonchev–Trinajstić information content (AvgIpc) is 2.58. The lowest BCUT2D eigenvalue weighted by Crippen LogP contribution is -2.24. The third-order valence-electron chi connectivity index (χ3n) is 2.91. The van der Waals surface area contributed by atoms with Crippen LogP contribution in [0.15, 0.2) is 0 Å². The van der Waals surface area contributed by atoms with Crippen molar-refractivity contribution in [2.24, 2.45) is 5.73 Å². The summed E-state index contributed by atoms with van der Waals surface area (Å²) in [5, 5.41) is 8.09. The fourth-order valence-corrected chi connectivity index (χ4v) is 2.21. The zero-order valence-corrected chi connectivity index (χ0v) is 9.58. The van der Waals surface area contributed by atoms with E-state index in [-0.39, 0.29) is 0 Å². The first-order chi connectivity index (χ1) is 7.24. The molecule has 15 heavy (non-hydrogen) atoms. The van der Waals surface area contributed by atoms with E-state index >= 15 is 0 Å². The van der Waals surface area contributed by atoms with Gasteiger partial charge in [0.05, 0.1) is 5.69 Å². The summed E-state index contributed by atoms with van der Waals surface area (Å²) in [7, 11) is 0. The first-order valence-corrected chi connectivity index (χ1v) is 5.74. The van der Waals surface area contributed by atoms with Gasteiger partial charge in [0, 0.05) is 43.2 Å². The van der Waals surface area contributed by atoms with Crippen molar-refractivity contribution in [1.29, 1.82) is 0 Å². The van der Waals surface area contributed by atoms with Crippen molar-refractivity contribution < 1.29 is 0 Å². The minimum Gasteiger partial charge on any atom is -0.330 e. The van der Waals surface area contributed by atoms with Crippen molar-refractivity contribution in [3.8, 4) is 0 Å². The zero-order chi connectivity index (χ0) is 10.8. The molecule has 2 rings (SSSR count). The number of nitrogens with one attached hydrogen (secondary N) is 1. The van der Waals surface area contributed by atoms with Crippen LogP contribution in [0.1, 0.15) is 36.8 Å². The van der Waals surface area contributed by atoms with E-state index in [4.69, 9.17) is 5.73 Å². The number of nitrogens with two attached hydrogens (primary N) is 1. The van der Waals surface area contributed by atoms with E-state index in [0.29, 0.717) is 12.6 Å². The van der Waals surface area contributed by atoms with Crippen LogP contribution < -0.4 is 11.1 Å². The predicted octanol–water partition coefficient (Wildman–Crippen LogP) is 0.611. The van der Waals surface area contributed by atoms with E-state index in [1.54, 1.807) is 0 Å². The van der Waals surface area contributed by atoms with E-state index in [0.717, 1.165) is 25.9 Å². The first-order valence-electron chi connectivity index (χ1n) is 5.74. The van der Waals surface area contributed by atoms with E-state index < -0.39 is 0 Å². The Kier molecular flexibility index (Phi) is 3.07. The first kappa shape index (κ1) is 10.6. The fourth-order valence-electron chi connectivity index (χ4n) is 2.21. The summed E-state index contributed by atoms with van der Waals surface area (Å²) in [5.41, 5.74) is 9.65. The molecule has 4 heteroatoms. The molecule has 2 heterocycles. The average molecular weight is 208 g/mol. The summed E-state index contributed by atoms with van der Waals surface area (Å²) in [5.74, 6) is 0. The van der Waals surface area contributed by atoms with Crippen LogP contribution in [0.4, 0.5) is 0 Å². The van der Waals surface area contributed by atoms with Gasteiger partial charge in [0.1, 0.15) is 0 Å². The van der Waals surface area contributed by atoms with Crippen LogP contribution >= 0.6 is 0 Å². The smallest absolute Gasteiger partial charge is 0.0685 e. The topological polar surface area (TPSA) is 55.9 Å². The van der Waals surface area contributed by atoms with Gasteiger partial charge in [-0.05, 0) is 20.4 Å². The number of nitrogens with zero attached hydrogens (tertiary/aromatic N) is 2. The van der Waals surface area contributed by atoms with E-state index in [1.165, 1.54) is 17.0 Å². The Hall–Kier alpha value is -0.870. The van der Waals surface area contributed by atoms with Crippen LogP contribution in [0, 0.1) is 0 Å². The summed E-state index contributed by atoms with van der Waals surface area (Å²) in [6.07, 6.45) is 1.98. The highest BCUT2D eigenvalue weighted by molar-refractivity contribution is 5.29. The molecule has 0 amide bonds. The molecule has 3 N–H and O–H groups in total. The molecule has 0 saturated carbocycles. The lowest BCUT2D eigenvalue weighted by molar-refractivity contribution is 0.504. The molecular weight excluding hydrogens is 188 g/mol. The minimum atomic E-state index is 0.428. The second-order valence-electron chi connectivity index (χ2n) is 4.38. The van der Waals surface area contributed by atoms with Crippen molar-refractivity contribution in [3.63, 3.8) is 0 Å². The standard InChI is InChI=1S/C11H20N4/c1-8(2)15-11(3-5-12)9-7-13-6-4-10(9)14-15/h8,13H,3-7,12H2,1-2H3. The summed E-state index contributed by atoms with van der Waals surface area (Å²) in [6.45, 7) is 7.05. The molecule has 84 valence electrons. The molecule has 0 saturated heterocycles. The van der Waals surface area contributed by atoms with Gasteiger partial charge in [-0.1, -0.05) is 0 Å². The third kappa shape index (κ3) is 1.92. The minimum absolute atomic E-state index is 0.428. The van der Waals surface area contributed by atoms with Crippen LogP contribution in [0.2, 0.25) is 0 Å². The molecule has 0 atom stereocenters. The van der Waals surface area contributed by atoms with Crippen LogP contribution in [0.5, 0.6) is 0 Å². The van der Waals surface area contributed by atoms with Crippen molar-refractivity contribution in [3.05, 3.63) is 17.0 Å². The lowest BCUT2D eigenvalue weighted by atomic mass is 10.1. The number of aromatic nitrogens is 2. The molecule has 0 spiro atoms. The third-order valence-corrected chi connectivity index (χ3v) is 2.91. The van der Waals surface area contributed by atoms with Crippen LogP contribution in [-0.2, 0) is 19.4 Å². The summed E-state index contributed by atoms with van der Waals surface area (Å²) >= 11 is 0. The maximum Gasteiger partial charge on any atom is 0.0685 e. The van der Waals surface area contributed by atoms with Crippen molar-refractivity contribution in [1.82, 2.24) is 15.1 Å². The molecular formula is C11H20N4. The molecule has 1 aromatic heterocycles. The van der Waals surface area contributed by atoms with Gasteiger partial charge < -0.3 is 11.1 Å². The van der Waals surface area contributed by atoms with E-state index in [2.05, 4.69) is 28.9 Å². The molecule has 0 aliphatic carbocycles. The predicted molar refractivity (Wildman–Crippen MR) is 60.8 cm³/mol. The monoisotopic (exact) mass is 208 g/mol. The summed E-state index contributed by atoms with van der Waals surface area (Å²) in [6, 6.07) is 0.428. The van der Waals surface area contributed by atoms with Crippen LogP contribution in [0.25, 0.3) is 0 Å². The molecule has 1 aromatic rings. The maximum absolute atomic E-state index is 5.66. The molecule has 1 aliphatic heterocycles. The highest BCUT2D eigenvalue weighted by Gasteiger charge is 2.20. The number of hydrogen-bond acceptors (Lipinski definition) is 3. The quantitative estimate of drug-likeness (QED) is 0.765. The Morgan fingerprint density at radius 1 is 1.53 bits per heavy atom.